The normalized spacial score (nSPS) is 10.9. The van der Waals surface area contributed by atoms with E-state index in [9.17, 15) is 5.11 Å². The minimum absolute atomic E-state index is 0.161. The molecule has 0 amide bonds. The van der Waals surface area contributed by atoms with Gasteiger partial charge in [0, 0.05) is 16.3 Å². The Balaban J connectivity index is 1.63. The summed E-state index contributed by atoms with van der Waals surface area (Å²) in [7, 11) is 1.59. The van der Waals surface area contributed by atoms with E-state index in [1.54, 1.807) is 24.0 Å². The van der Waals surface area contributed by atoms with Crippen molar-refractivity contribution in [2.75, 3.05) is 17.6 Å². The Morgan fingerprint density at radius 2 is 1.97 bits per heavy atom. The lowest BCUT2D eigenvalue weighted by molar-refractivity contribution is 0.280. The second-order valence-electron chi connectivity index (χ2n) is 6.61. The summed E-state index contributed by atoms with van der Waals surface area (Å²) >= 11 is 7.46. The number of aliphatic hydroxyl groups is 1. The van der Waals surface area contributed by atoms with Gasteiger partial charge in [-0.25, -0.2) is 0 Å². The molecule has 0 unspecified atom stereocenters. The lowest BCUT2D eigenvalue weighted by Gasteiger charge is -2.17. The monoisotopic (exact) mass is 456 g/mol. The summed E-state index contributed by atoms with van der Waals surface area (Å²) in [6.45, 7) is -0.161. The highest BCUT2D eigenvalue weighted by atomic mass is 35.5. The molecule has 0 radical (unpaired) electrons. The number of hydrogen-bond acceptors (Lipinski definition) is 7. The van der Waals surface area contributed by atoms with Crippen LogP contribution in [-0.2, 0) is 13.0 Å². The molecule has 4 rings (SSSR count). The van der Waals surface area contributed by atoms with Gasteiger partial charge in [0.25, 0.3) is 0 Å². The highest BCUT2D eigenvalue weighted by Gasteiger charge is 2.22. The zero-order valence-corrected chi connectivity index (χ0v) is 18.4. The zero-order valence-electron chi connectivity index (χ0n) is 16.8. The smallest absolute Gasteiger partial charge is 0.239 e. The van der Waals surface area contributed by atoms with Gasteiger partial charge in [0.1, 0.15) is 5.75 Å². The first-order valence-corrected chi connectivity index (χ1v) is 11.0. The van der Waals surface area contributed by atoms with E-state index >= 15 is 0 Å². The fourth-order valence-corrected chi connectivity index (χ4v) is 4.00. The van der Waals surface area contributed by atoms with E-state index < -0.39 is 0 Å². The highest BCUT2D eigenvalue weighted by molar-refractivity contribution is 8.00. The van der Waals surface area contributed by atoms with Crippen molar-refractivity contribution in [2.45, 2.75) is 13.0 Å². The third-order valence-corrected chi connectivity index (χ3v) is 5.66. The quantitative estimate of drug-likeness (QED) is 0.271. The molecular formula is C22H21ClN4O3S. The molecular weight excluding hydrogens is 436 g/mol. The second-order valence-corrected chi connectivity index (χ2v) is 7.95. The Labute approximate surface area is 189 Å². The van der Waals surface area contributed by atoms with Gasteiger partial charge in [0.2, 0.25) is 11.8 Å². The number of furan rings is 1. The van der Waals surface area contributed by atoms with Gasteiger partial charge < -0.3 is 14.3 Å². The number of para-hydroxylation sites is 1. The highest BCUT2D eigenvalue weighted by Crippen LogP contribution is 2.34. The molecule has 2 aromatic carbocycles. The number of rotatable bonds is 9. The maximum absolute atomic E-state index is 9.94. The summed E-state index contributed by atoms with van der Waals surface area (Å²) in [5.41, 5.74) is 2.54. The van der Waals surface area contributed by atoms with E-state index in [2.05, 4.69) is 14.9 Å². The number of benzene rings is 2. The average molecular weight is 457 g/mol. The fraction of sp³-hybridized carbons (Fsp3) is 0.182. The van der Waals surface area contributed by atoms with Crippen LogP contribution in [0.25, 0.3) is 17.3 Å². The van der Waals surface area contributed by atoms with Crippen molar-refractivity contribution < 1.29 is 14.3 Å². The van der Waals surface area contributed by atoms with Crippen LogP contribution in [0.4, 0.5) is 5.95 Å². The summed E-state index contributed by atoms with van der Waals surface area (Å²) in [5.74, 6) is 2.97. The van der Waals surface area contributed by atoms with Crippen LogP contribution in [0.5, 0.6) is 5.75 Å². The Kier molecular flexibility index (Phi) is 6.81. The predicted molar refractivity (Wildman–Crippen MR) is 123 cm³/mol. The number of nitrogens with one attached hydrogen (secondary N) is 1. The maximum atomic E-state index is 9.94. The molecule has 160 valence electrons. The van der Waals surface area contributed by atoms with Gasteiger partial charge in [0.15, 0.2) is 5.76 Å². The molecule has 7 nitrogen and oxygen atoms in total. The van der Waals surface area contributed by atoms with Crippen molar-refractivity contribution in [1.29, 1.82) is 0 Å². The van der Waals surface area contributed by atoms with Crippen LogP contribution in [0.2, 0.25) is 5.02 Å². The molecule has 0 atom stereocenters. The number of halogens is 1. The summed E-state index contributed by atoms with van der Waals surface area (Å²) in [4.78, 5) is 0. The second kappa shape index (κ2) is 9.91. The van der Waals surface area contributed by atoms with Crippen LogP contribution >= 0.6 is 23.5 Å². The first kappa shape index (κ1) is 21.3. The van der Waals surface area contributed by atoms with Crippen LogP contribution in [0.3, 0.4) is 0 Å². The van der Waals surface area contributed by atoms with Crippen LogP contribution < -0.4 is 9.46 Å². The molecule has 0 saturated heterocycles. The molecule has 0 aliphatic rings. The average Bonchev–Trinajstić information content (AvgIpc) is 3.47. The van der Waals surface area contributed by atoms with E-state index in [-0.39, 0.29) is 6.61 Å². The Morgan fingerprint density at radius 3 is 2.68 bits per heavy atom. The fourth-order valence-electron chi connectivity index (χ4n) is 3.18. The van der Waals surface area contributed by atoms with Gasteiger partial charge in [-0.3, -0.25) is 9.29 Å². The molecule has 0 saturated carbocycles. The number of anilines is 1. The van der Waals surface area contributed by atoms with E-state index in [0.29, 0.717) is 34.5 Å². The Morgan fingerprint density at radius 1 is 1.13 bits per heavy atom. The first-order chi connectivity index (χ1) is 15.2. The number of methoxy groups -OCH3 is 1. The third kappa shape index (κ3) is 4.71. The summed E-state index contributed by atoms with van der Waals surface area (Å²) in [5, 5.41) is 19.3. The first-order valence-electron chi connectivity index (χ1n) is 9.60. The molecule has 31 heavy (non-hydrogen) atoms. The van der Waals surface area contributed by atoms with E-state index in [0.717, 1.165) is 17.2 Å². The van der Waals surface area contributed by atoms with Crippen LogP contribution in [-0.4, -0.2) is 32.7 Å². The largest absolute Gasteiger partial charge is 0.495 e. The third-order valence-electron chi connectivity index (χ3n) is 4.67. The van der Waals surface area contributed by atoms with Crippen molar-refractivity contribution >= 4 is 29.5 Å². The SMILES string of the molecule is COc1cccc(CO)c1-n1c(NSCCc2ccc(Cl)cc2)nnc1-c1ccco1. The molecule has 0 aliphatic carbocycles. The zero-order chi connectivity index (χ0) is 21.6. The standard InChI is InChI=1S/C22H21ClN4O3S/c1-29-18-5-2-4-16(14-28)20(18)27-21(19-6-3-12-30-19)24-25-22(27)26-31-13-11-15-7-9-17(23)10-8-15/h2-10,12,28H,11,13-14H2,1H3,(H,25,26). The van der Waals surface area contributed by atoms with Crippen molar-refractivity contribution in [3.8, 4) is 23.0 Å². The molecule has 0 aliphatic heterocycles. The van der Waals surface area contributed by atoms with E-state index in [1.165, 1.54) is 17.5 Å². The Bertz CT molecular complexity index is 1110. The molecule has 0 spiro atoms. The number of aromatic nitrogens is 3. The Hall–Kier alpha value is -2.94. The number of aryl methyl sites for hydroxylation is 1. The van der Waals surface area contributed by atoms with Crippen LogP contribution in [0.15, 0.2) is 65.3 Å². The van der Waals surface area contributed by atoms with Gasteiger partial charge in [0.05, 0.1) is 25.7 Å². The summed E-state index contributed by atoms with van der Waals surface area (Å²) in [6, 6.07) is 16.9. The molecule has 2 aromatic heterocycles. The van der Waals surface area contributed by atoms with Crippen molar-refractivity contribution in [3.05, 3.63) is 77.0 Å². The minimum atomic E-state index is -0.161. The molecule has 4 aromatic rings. The van der Waals surface area contributed by atoms with Gasteiger partial charge in [-0.1, -0.05) is 35.9 Å². The van der Waals surface area contributed by atoms with Gasteiger partial charge in [-0.2, -0.15) is 0 Å². The van der Waals surface area contributed by atoms with Gasteiger partial charge >= 0.3 is 0 Å². The molecule has 0 fully saturated rings. The molecule has 9 heteroatoms. The maximum Gasteiger partial charge on any atom is 0.239 e. The summed E-state index contributed by atoms with van der Waals surface area (Å²) in [6.07, 6.45) is 2.45. The molecule has 0 bridgehead atoms. The summed E-state index contributed by atoms with van der Waals surface area (Å²) < 4.78 is 16.2. The predicted octanol–water partition coefficient (Wildman–Crippen LogP) is 4.98. The topological polar surface area (TPSA) is 85.3 Å². The number of ether oxygens (including phenoxy) is 1. The van der Waals surface area contributed by atoms with Crippen molar-refractivity contribution in [2.24, 2.45) is 0 Å². The van der Waals surface area contributed by atoms with E-state index in [1.807, 2.05) is 48.5 Å². The van der Waals surface area contributed by atoms with Crippen molar-refractivity contribution in [1.82, 2.24) is 14.8 Å². The lowest BCUT2D eigenvalue weighted by atomic mass is 10.1. The number of hydrogen-bond donors (Lipinski definition) is 2. The molecule has 2 heterocycles. The van der Waals surface area contributed by atoms with Gasteiger partial charge in [-0.15, -0.1) is 10.2 Å². The van der Waals surface area contributed by atoms with Gasteiger partial charge in [-0.05, 0) is 54.3 Å². The van der Waals surface area contributed by atoms with Crippen molar-refractivity contribution in [3.63, 3.8) is 0 Å². The lowest BCUT2D eigenvalue weighted by Crippen LogP contribution is -2.08. The van der Waals surface area contributed by atoms with Crippen LogP contribution in [0.1, 0.15) is 11.1 Å². The molecule has 2 N–H and O–H groups in total. The number of nitrogens with zero attached hydrogens (tertiary/aromatic N) is 3. The minimum Gasteiger partial charge on any atom is -0.495 e. The van der Waals surface area contributed by atoms with E-state index in [4.69, 9.17) is 20.8 Å². The number of aliphatic hydroxyl groups excluding tert-OH is 1. The van der Waals surface area contributed by atoms with Crippen LogP contribution in [0, 0.1) is 0 Å².